The van der Waals surface area contributed by atoms with Crippen LogP contribution in [0.25, 0.3) is 0 Å². The Kier molecular flexibility index (Phi) is 4.66. The lowest BCUT2D eigenvalue weighted by molar-refractivity contribution is 0.0442. The molecule has 1 aliphatic rings. The van der Waals surface area contributed by atoms with Crippen LogP contribution in [-0.4, -0.2) is 40.1 Å². The number of nitrogens with zero attached hydrogens (tertiary/aromatic N) is 1. The molecule has 0 bridgehead atoms. The predicted octanol–water partition coefficient (Wildman–Crippen LogP) is 2.56. The second-order valence-corrected chi connectivity index (χ2v) is 5.99. The Morgan fingerprint density at radius 2 is 1.83 bits per heavy atom. The topological polar surface area (TPSA) is 91.0 Å². The van der Waals surface area contributed by atoms with Gasteiger partial charge in [0.15, 0.2) is 5.76 Å². The second-order valence-electron chi connectivity index (χ2n) is 5.99. The van der Waals surface area contributed by atoms with Gasteiger partial charge in [-0.15, -0.1) is 0 Å². The molecular weight excluding hydrogens is 310 g/mol. The van der Waals surface area contributed by atoms with Crippen LogP contribution in [0.4, 0.5) is 0 Å². The summed E-state index contributed by atoms with van der Waals surface area (Å²) < 4.78 is 5.06. The van der Waals surface area contributed by atoms with Crippen LogP contribution in [0.3, 0.4) is 0 Å². The van der Waals surface area contributed by atoms with E-state index in [1.54, 1.807) is 4.90 Å². The van der Waals surface area contributed by atoms with Crippen LogP contribution in [-0.2, 0) is 0 Å². The van der Waals surface area contributed by atoms with Crippen molar-refractivity contribution in [3.8, 4) is 0 Å². The molecule has 126 valence electrons. The van der Waals surface area contributed by atoms with E-state index < -0.39 is 12.1 Å². The SMILES string of the molecule is O=C(O)c1coc(C(=O)N2CCC(C(O)c3ccccc3)CC2)c1. The van der Waals surface area contributed by atoms with E-state index >= 15 is 0 Å². The first-order valence-electron chi connectivity index (χ1n) is 7.90. The number of carboxylic acids is 1. The fourth-order valence-corrected chi connectivity index (χ4v) is 3.06. The third-order valence-corrected chi connectivity index (χ3v) is 4.47. The number of aliphatic hydroxyl groups is 1. The zero-order valence-electron chi connectivity index (χ0n) is 13.1. The number of carbonyl (C=O) groups is 2. The number of carbonyl (C=O) groups excluding carboxylic acids is 1. The molecule has 0 aliphatic carbocycles. The van der Waals surface area contributed by atoms with E-state index in [-0.39, 0.29) is 23.1 Å². The molecule has 2 aromatic rings. The van der Waals surface area contributed by atoms with Crippen LogP contribution in [0.2, 0.25) is 0 Å². The highest BCUT2D eigenvalue weighted by Crippen LogP contribution is 2.31. The third kappa shape index (κ3) is 3.33. The zero-order valence-corrected chi connectivity index (χ0v) is 13.1. The van der Waals surface area contributed by atoms with Crippen LogP contribution >= 0.6 is 0 Å². The highest BCUT2D eigenvalue weighted by molar-refractivity contribution is 5.95. The number of furan rings is 1. The van der Waals surface area contributed by atoms with Gasteiger partial charge in [-0.3, -0.25) is 4.79 Å². The number of piperidine rings is 1. The van der Waals surface area contributed by atoms with E-state index in [9.17, 15) is 14.7 Å². The number of aliphatic hydroxyl groups excluding tert-OH is 1. The molecule has 1 aromatic carbocycles. The Labute approximate surface area is 139 Å². The molecule has 1 aromatic heterocycles. The lowest BCUT2D eigenvalue weighted by Gasteiger charge is -2.34. The lowest BCUT2D eigenvalue weighted by Crippen LogP contribution is -2.39. The fourth-order valence-electron chi connectivity index (χ4n) is 3.06. The van der Waals surface area contributed by atoms with Gasteiger partial charge >= 0.3 is 5.97 Å². The summed E-state index contributed by atoms with van der Waals surface area (Å²) in [5, 5.41) is 19.3. The number of rotatable bonds is 4. The van der Waals surface area contributed by atoms with Crippen molar-refractivity contribution in [2.75, 3.05) is 13.1 Å². The van der Waals surface area contributed by atoms with Crippen molar-refractivity contribution in [2.24, 2.45) is 5.92 Å². The molecule has 2 heterocycles. The summed E-state index contributed by atoms with van der Waals surface area (Å²) in [7, 11) is 0. The molecule has 3 rings (SSSR count). The minimum atomic E-state index is -1.12. The number of amides is 1. The molecule has 2 N–H and O–H groups in total. The maximum atomic E-state index is 12.4. The molecule has 1 saturated heterocycles. The number of hydrogen-bond acceptors (Lipinski definition) is 4. The van der Waals surface area contributed by atoms with Crippen molar-refractivity contribution in [1.82, 2.24) is 4.90 Å². The van der Waals surface area contributed by atoms with Gasteiger partial charge < -0.3 is 19.5 Å². The molecule has 0 saturated carbocycles. The van der Waals surface area contributed by atoms with Crippen molar-refractivity contribution >= 4 is 11.9 Å². The van der Waals surface area contributed by atoms with Gasteiger partial charge in [0.05, 0.1) is 11.7 Å². The van der Waals surface area contributed by atoms with Crippen molar-refractivity contribution < 1.29 is 24.2 Å². The average Bonchev–Trinajstić information content (AvgIpc) is 3.12. The van der Waals surface area contributed by atoms with Gasteiger partial charge in [0.1, 0.15) is 6.26 Å². The minimum absolute atomic E-state index is 0.0345. The van der Waals surface area contributed by atoms with Crippen LogP contribution < -0.4 is 0 Å². The number of hydrogen-bond donors (Lipinski definition) is 2. The highest BCUT2D eigenvalue weighted by Gasteiger charge is 2.30. The van der Waals surface area contributed by atoms with Crippen molar-refractivity contribution in [2.45, 2.75) is 18.9 Å². The summed E-state index contributed by atoms with van der Waals surface area (Å²) in [5.41, 5.74) is 0.854. The summed E-state index contributed by atoms with van der Waals surface area (Å²) in [6.45, 7) is 1.02. The summed E-state index contributed by atoms with van der Waals surface area (Å²) in [6.07, 6.45) is 1.91. The standard InChI is InChI=1S/C18H19NO5/c20-16(12-4-2-1-3-5-12)13-6-8-19(9-7-13)17(21)15-10-14(11-24-15)18(22)23/h1-5,10-11,13,16,20H,6-9H2,(H,22,23). The maximum absolute atomic E-state index is 12.4. The van der Waals surface area contributed by atoms with Crippen LogP contribution in [0, 0.1) is 5.92 Å². The maximum Gasteiger partial charge on any atom is 0.338 e. The van der Waals surface area contributed by atoms with Crippen molar-refractivity contribution in [3.63, 3.8) is 0 Å². The van der Waals surface area contributed by atoms with E-state index in [1.807, 2.05) is 30.3 Å². The van der Waals surface area contributed by atoms with E-state index in [2.05, 4.69) is 0 Å². The van der Waals surface area contributed by atoms with Gasteiger partial charge in [-0.25, -0.2) is 4.79 Å². The molecule has 1 fully saturated rings. The van der Waals surface area contributed by atoms with E-state index in [0.29, 0.717) is 25.9 Å². The van der Waals surface area contributed by atoms with Gasteiger partial charge in [-0.1, -0.05) is 30.3 Å². The highest BCUT2D eigenvalue weighted by atomic mass is 16.4. The number of aromatic carboxylic acids is 1. The van der Waals surface area contributed by atoms with Crippen LogP contribution in [0.5, 0.6) is 0 Å². The van der Waals surface area contributed by atoms with E-state index in [1.165, 1.54) is 6.07 Å². The first-order valence-corrected chi connectivity index (χ1v) is 7.90. The van der Waals surface area contributed by atoms with Gasteiger partial charge in [-0.05, 0) is 24.3 Å². The largest absolute Gasteiger partial charge is 0.478 e. The van der Waals surface area contributed by atoms with E-state index in [0.717, 1.165) is 11.8 Å². The summed E-state index contributed by atoms with van der Waals surface area (Å²) >= 11 is 0. The summed E-state index contributed by atoms with van der Waals surface area (Å²) in [4.78, 5) is 24.8. The monoisotopic (exact) mass is 329 g/mol. The van der Waals surface area contributed by atoms with Crippen LogP contribution in [0.15, 0.2) is 47.1 Å². The first-order chi connectivity index (χ1) is 11.6. The average molecular weight is 329 g/mol. The summed E-state index contributed by atoms with van der Waals surface area (Å²) in [5.74, 6) is -1.30. The molecule has 0 spiro atoms. The zero-order chi connectivity index (χ0) is 17.1. The smallest absolute Gasteiger partial charge is 0.338 e. The number of likely N-dealkylation sites (tertiary alicyclic amines) is 1. The molecule has 1 amide bonds. The van der Waals surface area contributed by atoms with Gasteiger partial charge in [0.2, 0.25) is 0 Å². The Balaban J connectivity index is 1.60. The summed E-state index contributed by atoms with van der Waals surface area (Å²) in [6, 6.07) is 10.8. The lowest BCUT2D eigenvalue weighted by atomic mass is 9.87. The molecule has 1 aliphatic heterocycles. The number of carboxylic acid groups (broad SMARTS) is 1. The molecule has 0 radical (unpaired) electrons. The molecule has 24 heavy (non-hydrogen) atoms. The van der Waals surface area contributed by atoms with E-state index in [4.69, 9.17) is 9.52 Å². The predicted molar refractivity (Wildman–Crippen MR) is 85.7 cm³/mol. The Morgan fingerprint density at radius 3 is 2.42 bits per heavy atom. The molecule has 1 unspecified atom stereocenters. The Morgan fingerprint density at radius 1 is 1.17 bits per heavy atom. The normalized spacial score (nSPS) is 16.8. The quantitative estimate of drug-likeness (QED) is 0.899. The minimum Gasteiger partial charge on any atom is -0.478 e. The Hall–Kier alpha value is -2.60. The van der Waals surface area contributed by atoms with Crippen molar-refractivity contribution in [1.29, 1.82) is 0 Å². The first kappa shape index (κ1) is 16.3. The Bertz CT molecular complexity index is 716. The molecule has 6 nitrogen and oxygen atoms in total. The van der Waals surface area contributed by atoms with Gasteiger partial charge in [0, 0.05) is 19.2 Å². The molecular formula is C18H19NO5. The van der Waals surface area contributed by atoms with Gasteiger partial charge in [-0.2, -0.15) is 0 Å². The fraction of sp³-hybridized carbons (Fsp3) is 0.333. The second kappa shape index (κ2) is 6.88. The molecule has 1 atom stereocenters. The van der Waals surface area contributed by atoms with Crippen molar-refractivity contribution in [3.05, 3.63) is 59.5 Å². The molecule has 6 heteroatoms. The van der Waals surface area contributed by atoms with Crippen LogP contribution in [0.1, 0.15) is 45.4 Å². The van der Waals surface area contributed by atoms with Gasteiger partial charge in [0.25, 0.3) is 5.91 Å². The number of benzene rings is 1. The third-order valence-electron chi connectivity index (χ3n) is 4.47.